The number of esters is 2. The molecule has 1 heterocycles. The minimum Gasteiger partial charge on any atom is -0.466 e. The van der Waals surface area contributed by atoms with E-state index in [1.165, 1.54) is 25.6 Å². The molecule has 0 amide bonds. The molecule has 116 valence electrons. The summed E-state index contributed by atoms with van der Waals surface area (Å²) < 4.78 is 14.5. The number of rotatable bonds is 6. The van der Waals surface area contributed by atoms with Crippen LogP contribution in [0, 0.1) is 0 Å². The number of hydrogen-bond donors (Lipinski definition) is 0. The molecule has 1 unspecified atom stereocenters. The van der Waals surface area contributed by atoms with E-state index in [-0.39, 0.29) is 6.61 Å². The van der Waals surface area contributed by atoms with Crippen LogP contribution in [0.3, 0.4) is 0 Å². The third-order valence-electron chi connectivity index (χ3n) is 2.88. The van der Waals surface area contributed by atoms with E-state index in [2.05, 4.69) is 9.72 Å². The maximum atomic E-state index is 12.0. The number of carbonyl (C=O) groups is 2. The molecular formula is C15H15NO5S. The zero-order chi connectivity index (χ0) is 15.9. The highest BCUT2D eigenvalue weighted by atomic mass is 32.1. The van der Waals surface area contributed by atoms with Gasteiger partial charge in [0.05, 0.1) is 30.5 Å². The fourth-order valence-electron chi connectivity index (χ4n) is 1.76. The molecule has 6 nitrogen and oxygen atoms in total. The smallest absolute Gasteiger partial charge is 0.349 e. The van der Waals surface area contributed by atoms with Crippen LogP contribution < -0.4 is 0 Å². The van der Waals surface area contributed by atoms with E-state index in [1.807, 2.05) is 5.38 Å². The number of carbonyl (C=O) groups excluding carboxylic acids is 2. The molecular weight excluding hydrogens is 306 g/mol. The number of nitrogens with zero attached hydrogens (tertiary/aromatic N) is 1. The van der Waals surface area contributed by atoms with Crippen LogP contribution in [0.5, 0.6) is 0 Å². The van der Waals surface area contributed by atoms with Gasteiger partial charge in [0.25, 0.3) is 0 Å². The van der Waals surface area contributed by atoms with E-state index < -0.39 is 18.0 Å². The topological polar surface area (TPSA) is 74.7 Å². The Morgan fingerprint density at radius 3 is 2.50 bits per heavy atom. The lowest BCUT2D eigenvalue weighted by molar-refractivity contribution is -0.153. The van der Waals surface area contributed by atoms with Gasteiger partial charge in [-0.15, -0.1) is 11.3 Å². The summed E-state index contributed by atoms with van der Waals surface area (Å²) in [6.45, 7) is -0.0602. The van der Waals surface area contributed by atoms with Crippen molar-refractivity contribution in [3.8, 4) is 11.3 Å². The van der Waals surface area contributed by atoms with Crippen LogP contribution in [-0.2, 0) is 19.0 Å². The third kappa shape index (κ3) is 3.90. The average Bonchev–Trinajstić information content (AvgIpc) is 3.08. The van der Waals surface area contributed by atoms with Gasteiger partial charge < -0.3 is 14.2 Å². The van der Waals surface area contributed by atoms with Crippen LogP contribution in [-0.4, -0.2) is 43.9 Å². The minimum absolute atomic E-state index is 0.0602. The van der Waals surface area contributed by atoms with Crippen molar-refractivity contribution in [2.45, 2.75) is 6.10 Å². The fourth-order valence-corrected chi connectivity index (χ4v) is 2.32. The molecule has 1 aromatic carbocycles. The summed E-state index contributed by atoms with van der Waals surface area (Å²) in [6, 6.07) is 6.79. The van der Waals surface area contributed by atoms with E-state index in [0.29, 0.717) is 5.56 Å². The summed E-state index contributed by atoms with van der Waals surface area (Å²) in [6.07, 6.45) is -1.08. The van der Waals surface area contributed by atoms with E-state index in [0.717, 1.165) is 11.3 Å². The molecule has 1 aromatic heterocycles. The number of benzene rings is 1. The summed E-state index contributed by atoms with van der Waals surface area (Å²) in [5.41, 5.74) is 3.82. The van der Waals surface area contributed by atoms with Gasteiger partial charge in [-0.1, -0.05) is 12.1 Å². The van der Waals surface area contributed by atoms with E-state index in [9.17, 15) is 9.59 Å². The number of ether oxygens (including phenoxy) is 3. The Labute approximate surface area is 131 Å². The van der Waals surface area contributed by atoms with Gasteiger partial charge in [-0.25, -0.2) is 14.6 Å². The Morgan fingerprint density at radius 2 is 1.95 bits per heavy atom. The van der Waals surface area contributed by atoms with Crippen LogP contribution in [0.4, 0.5) is 0 Å². The van der Waals surface area contributed by atoms with E-state index in [1.54, 1.807) is 29.8 Å². The Hall–Kier alpha value is -2.25. The highest BCUT2D eigenvalue weighted by Gasteiger charge is 2.24. The predicted molar refractivity (Wildman–Crippen MR) is 80.6 cm³/mol. The Morgan fingerprint density at radius 1 is 1.23 bits per heavy atom. The molecule has 1 atom stereocenters. The molecule has 0 aliphatic rings. The number of hydrogen-bond acceptors (Lipinski definition) is 7. The van der Waals surface area contributed by atoms with Gasteiger partial charge in [-0.2, -0.15) is 0 Å². The molecule has 0 fully saturated rings. The van der Waals surface area contributed by atoms with E-state index in [4.69, 9.17) is 9.47 Å². The highest BCUT2D eigenvalue weighted by Crippen LogP contribution is 2.19. The van der Waals surface area contributed by atoms with Gasteiger partial charge in [-0.3, -0.25) is 0 Å². The van der Waals surface area contributed by atoms with Crippen LogP contribution in [0.25, 0.3) is 11.3 Å². The number of thiazole rings is 1. The SMILES string of the molecule is COCC(OC(=O)c1ccc(-c2cscn2)cc1)C(=O)OC. The third-order valence-corrected chi connectivity index (χ3v) is 3.47. The first-order valence-electron chi connectivity index (χ1n) is 6.42. The molecule has 22 heavy (non-hydrogen) atoms. The molecule has 0 spiro atoms. The predicted octanol–water partition coefficient (Wildman–Crippen LogP) is 2.15. The first kappa shape index (κ1) is 16.1. The molecule has 0 bridgehead atoms. The lowest BCUT2D eigenvalue weighted by atomic mass is 10.1. The number of aromatic nitrogens is 1. The van der Waals surface area contributed by atoms with Crippen molar-refractivity contribution < 1.29 is 23.8 Å². The Bertz CT molecular complexity index is 624. The van der Waals surface area contributed by atoms with Gasteiger partial charge in [0.1, 0.15) is 0 Å². The van der Waals surface area contributed by atoms with Crippen LogP contribution in [0.15, 0.2) is 35.2 Å². The summed E-state index contributed by atoms with van der Waals surface area (Å²) in [7, 11) is 2.63. The molecule has 2 rings (SSSR count). The molecule has 0 saturated carbocycles. The monoisotopic (exact) mass is 321 g/mol. The number of methoxy groups -OCH3 is 2. The van der Waals surface area contributed by atoms with Crippen molar-refractivity contribution in [2.75, 3.05) is 20.8 Å². The van der Waals surface area contributed by atoms with Crippen molar-refractivity contribution in [1.29, 1.82) is 0 Å². The van der Waals surface area contributed by atoms with Gasteiger partial charge in [0, 0.05) is 18.1 Å². The summed E-state index contributed by atoms with van der Waals surface area (Å²) in [5, 5.41) is 1.92. The van der Waals surface area contributed by atoms with Crippen molar-refractivity contribution in [3.63, 3.8) is 0 Å². The zero-order valence-corrected chi connectivity index (χ0v) is 13.0. The standard InChI is InChI=1S/C15H15NO5S/c1-19-7-13(15(18)20-2)21-14(17)11-5-3-10(4-6-11)12-8-22-9-16-12/h3-6,8-9,13H,7H2,1-2H3. The van der Waals surface area contributed by atoms with Crippen molar-refractivity contribution in [3.05, 3.63) is 40.7 Å². The van der Waals surface area contributed by atoms with Crippen molar-refractivity contribution >= 4 is 23.3 Å². The molecule has 0 saturated heterocycles. The largest absolute Gasteiger partial charge is 0.466 e. The van der Waals surface area contributed by atoms with Crippen molar-refractivity contribution in [2.24, 2.45) is 0 Å². The molecule has 0 radical (unpaired) electrons. The molecule has 7 heteroatoms. The molecule has 0 aliphatic carbocycles. The van der Waals surface area contributed by atoms with Crippen molar-refractivity contribution in [1.82, 2.24) is 4.98 Å². The maximum Gasteiger partial charge on any atom is 0.349 e. The Kier molecular flexibility index (Phi) is 5.62. The first-order valence-corrected chi connectivity index (χ1v) is 7.36. The van der Waals surface area contributed by atoms with Gasteiger partial charge in [-0.05, 0) is 12.1 Å². The molecule has 0 aliphatic heterocycles. The Balaban J connectivity index is 2.07. The average molecular weight is 321 g/mol. The quantitative estimate of drug-likeness (QED) is 0.759. The lowest BCUT2D eigenvalue weighted by Gasteiger charge is -2.14. The molecule has 2 aromatic rings. The fraction of sp³-hybridized carbons (Fsp3) is 0.267. The van der Waals surface area contributed by atoms with Gasteiger partial charge in [0.15, 0.2) is 0 Å². The van der Waals surface area contributed by atoms with Gasteiger partial charge in [0.2, 0.25) is 6.10 Å². The second-order valence-electron chi connectivity index (χ2n) is 4.32. The maximum absolute atomic E-state index is 12.0. The van der Waals surface area contributed by atoms with Gasteiger partial charge >= 0.3 is 11.9 Å². The van der Waals surface area contributed by atoms with Crippen LogP contribution in [0.1, 0.15) is 10.4 Å². The normalized spacial score (nSPS) is 11.7. The molecule has 0 N–H and O–H groups in total. The first-order chi connectivity index (χ1) is 10.7. The highest BCUT2D eigenvalue weighted by molar-refractivity contribution is 7.07. The summed E-state index contributed by atoms with van der Waals surface area (Å²) >= 11 is 1.50. The van der Waals surface area contributed by atoms with Crippen LogP contribution in [0.2, 0.25) is 0 Å². The van der Waals surface area contributed by atoms with Crippen LogP contribution >= 0.6 is 11.3 Å². The second-order valence-corrected chi connectivity index (χ2v) is 5.04. The minimum atomic E-state index is -1.08. The summed E-state index contributed by atoms with van der Waals surface area (Å²) in [4.78, 5) is 27.7. The second kappa shape index (κ2) is 7.67. The summed E-state index contributed by atoms with van der Waals surface area (Å²) in [5.74, 6) is -1.27. The lowest BCUT2D eigenvalue weighted by Crippen LogP contribution is -2.32. The van der Waals surface area contributed by atoms with E-state index >= 15 is 0 Å². The zero-order valence-electron chi connectivity index (χ0n) is 12.1.